The number of amides is 1. The Balaban J connectivity index is 1.35. The van der Waals surface area contributed by atoms with E-state index < -0.39 is 6.10 Å². The van der Waals surface area contributed by atoms with Crippen molar-refractivity contribution in [1.29, 1.82) is 0 Å². The minimum absolute atomic E-state index is 0.0872. The van der Waals surface area contributed by atoms with Gasteiger partial charge in [-0.2, -0.15) is 5.10 Å². The van der Waals surface area contributed by atoms with Gasteiger partial charge in [0.25, 0.3) is 5.91 Å². The number of para-hydroxylation sites is 1. The first-order valence-electron chi connectivity index (χ1n) is 8.65. The topological polar surface area (TPSA) is 69.0 Å². The molecule has 0 saturated heterocycles. The van der Waals surface area contributed by atoms with Gasteiger partial charge in [-0.3, -0.25) is 14.5 Å². The molecule has 1 aliphatic rings. The monoisotopic (exact) mass is 348 g/mol. The predicted molar refractivity (Wildman–Crippen MR) is 97.5 cm³/mol. The van der Waals surface area contributed by atoms with Crippen LogP contribution >= 0.6 is 0 Å². The summed E-state index contributed by atoms with van der Waals surface area (Å²) >= 11 is 0. The molecule has 0 unspecified atom stereocenters. The molecule has 0 bridgehead atoms. The Hall–Kier alpha value is -3.15. The van der Waals surface area contributed by atoms with Crippen LogP contribution in [-0.2, 0) is 24.8 Å². The standard InChI is InChI=1S/C20H20N4O2/c1-24-13-16(12-23-24)17-8-6-14(10-21-17)11-22-20(25)19-9-7-15-4-2-3-5-18(15)26-19/h2-6,8,10,12-13,19H,7,9,11H2,1H3,(H,22,25)/t19-/m0/s1. The maximum absolute atomic E-state index is 12.4. The van der Waals surface area contributed by atoms with Crippen molar-refractivity contribution in [3.05, 3.63) is 66.1 Å². The SMILES string of the molecule is Cn1cc(-c2ccc(CNC(=O)[C@@H]3CCc4ccccc4O3)cn2)cn1. The van der Waals surface area contributed by atoms with E-state index in [-0.39, 0.29) is 5.91 Å². The lowest BCUT2D eigenvalue weighted by atomic mass is 10.0. The molecular formula is C20H20N4O2. The molecule has 0 saturated carbocycles. The normalized spacial score (nSPS) is 15.8. The van der Waals surface area contributed by atoms with Gasteiger partial charge in [0.15, 0.2) is 6.10 Å². The van der Waals surface area contributed by atoms with Gasteiger partial charge in [0.2, 0.25) is 0 Å². The van der Waals surface area contributed by atoms with Crippen LogP contribution in [0.15, 0.2) is 55.0 Å². The summed E-state index contributed by atoms with van der Waals surface area (Å²) in [6, 6.07) is 11.8. The van der Waals surface area contributed by atoms with Crippen molar-refractivity contribution in [3.8, 4) is 17.0 Å². The lowest BCUT2D eigenvalue weighted by Crippen LogP contribution is -2.40. The van der Waals surface area contributed by atoms with Crippen LogP contribution in [0.5, 0.6) is 5.75 Å². The summed E-state index contributed by atoms with van der Waals surface area (Å²) in [5.74, 6) is 0.720. The summed E-state index contributed by atoms with van der Waals surface area (Å²) in [6.07, 6.45) is 6.59. The maximum atomic E-state index is 12.4. The second-order valence-electron chi connectivity index (χ2n) is 6.43. The van der Waals surface area contributed by atoms with Crippen LogP contribution in [0.2, 0.25) is 0 Å². The third-order valence-corrected chi connectivity index (χ3v) is 4.50. The molecule has 1 amide bonds. The molecule has 1 N–H and O–H groups in total. The smallest absolute Gasteiger partial charge is 0.261 e. The van der Waals surface area contributed by atoms with Crippen molar-refractivity contribution in [2.45, 2.75) is 25.5 Å². The van der Waals surface area contributed by atoms with Crippen molar-refractivity contribution in [2.75, 3.05) is 0 Å². The summed E-state index contributed by atoms with van der Waals surface area (Å²) in [6.45, 7) is 0.431. The number of carbonyl (C=O) groups is 1. The number of ether oxygens (including phenoxy) is 1. The van der Waals surface area contributed by atoms with Gasteiger partial charge in [0.05, 0.1) is 11.9 Å². The fraction of sp³-hybridized carbons (Fsp3) is 0.250. The lowest BCUT2D eigenvalue weighted by Gasteiger charge is -2.25. The van der Waals surface area contributed by atoms with Gasteiger partial charge in [-0.1, -0.05) is 24.3 Å². The van der Waals surface area contributed by atoms with Crippen molar-refractivity contribution < 1.29 is 9.53 Å². The molecule has 0 spiro atoms. The number of carbonyl (C=O) groups excluding carboxylic acids is 1. The summed E-state index contributed by atoms with van der Waals surface area (Å²) in [5.41, 5.74) is 3.94. The van der Waals surface area contributed by atoms with E-state index in [0.29, 0.717) is 13.0 Å². The number of nitrogens with one attached hydrogen (secondary N) is 1. The number of rotatable bonds is 4. The van der Waals surface area contributed by atoms with E-state index in [4.69, 9.17) is 4.74 Å². The number of hydrogen-bond acceptors (Lipinski definition) is 4. The summed E-state index contributed by atoms with van der Waals surface area (Å²) in [7, 11) is 1.87. The molecule has 26 heavy (non-hydrogen) atoms. The highest BCUT2D eigenvalue weighted by Crippen LogP contribution is 2.27. The lowest BCUT2D eigenvalue weighted by molar-refractivity contribution is -0.128. The molecule has 4 rings (SSSR count). The molecule has 0 radical (unpaired) electrons. The predicted octanol–water partition coefficient (Wildman–Crippen LogP) is 2.49. The largest absolute Gasteiger partial charge is 0.480 e. The fourth-order valence-corrected chi connectivity index (χ4v) is 3.07. The zero-order valence-electron chi connectivity index (χ0n) is 14.6. The first kappa shape index (κ1) is 16.3. The Morgan fingerprint density at radius 2 is 2.15 bits per heavy atom. The number of benzene rings is 1. The number of aryl methyl sites for hydroxylation is 2. The van der Waals surface area contributed by atoms with E-state index in [1.165, 1.54) is 0 Å². The molecule has 1 aliphatic heterocycles. The number of aromatic nitrogens is 3. The molecule has 1 atom stereocenters. The van der Waals surface area contributed by atoms with Crippen LogP contribution in [0.25, 0.3) is 11.3 Å². The molecular weight excluding hydrogens is 328 g/mol. The Morgan fingerprint density at radius 3 is 2.92 bits per heavy atom. The van der Waals surface area contributed by atoms with Gasteiger partial charge >= 0.3 is 0 Å². The first-order valence-corrected chi connectivity index (χ1v) is 8.65. The van der Waals surface area contributed by atoms with Crippen LogP contribution in [0.3, 0.4) is 0 Å². The summed E-state index contributed by atoms with van der Waals surface area (Å²) in [4.78, 5) is 16.9. The molecule has 132 valence electrons. The number of fused-ring (bicyclic) bond motifs is 1. The average molecular weight is 348 g/mol. The van der Waals surface area contributed by atoms with Crippen LogP contribution in [0.1, 0.15) is 17.5 Å². The molecule has 2 aromatic heterocycles. The van der Waals surface area contributed by atoms with Crippen molar-refractivity contribution >= 4 is 5.91 Å². The van der Waals surface area contributed by atoms with Crippen molar-refractivity contribution in [2.24, 2.45) is 7.05 Å². The van der Waals surface area contributed by atoms with E-state index in [9.17, 15) is 4.79 Å². The molecule has 3 heterocycles. The quantitative estimate of drug-likeness (QED) is 0.786. The fourth-order valence-electron chi connectivity index (χ4n) is 3.07. The number of hydrogen-bond donors (Lipinski definition) is 1. The van der Waals surface area contributed by atoms with Gasteiger partial charge in [-0.05, 0) is 36.1 Å². The van der Waals surface area contributed by atoms with E-state index >= 15 is 0 Å². The Bertz CT molecular complexity index is 918. The zero-order chi connectivity index (χ0) is 17.9. The van der Waals surface area contributed by atoms with Gasteiger partial charge in [-0.25, -0.2) is 0 Å². The van der Waals surface area contributed by atoms with Gasteiger partial charge in [0, 0.05) is 31.5 Å². The van der Waals surface area contributed by atoms with Crippen molar-refractivity contribution in [3.63, 3.8) is 0 Å². The van der Waals surface area contributed by atoms with E-state index in [1.807, 2.05) is 49.6 Å². The van der Waals surface area contributed by atoms with Crippen LogP contribution < -0.4 is 10.1 Å². The number of nitrogens with zero attached hydrogens (tertiary/aromatic N) is 3. The molecule has 6 nitrogen and oxygen atoms in total. The Kier molecular flexibility index (Phi) is 4.39. The second-order valence-corrected chi connectivity index (χ2v) is 6.43. The van der Waals surface area contributed by atoms with Crippen LogP contribution in [0.4, 0.5) is 0 Å². The highest BCUT2D eigenvalue weighted by atomic mass is 16.5. The second kappa shape index (κ2) is 7.00. The molecule has 0 fully saturated rings. The van der Waals surface area contributed by atoms with E-state index in [1.54, 1.807) is 17.1 Å². The average Bonchev–Trinajstić information content (AvgIpc) is 3.12. The van der Waals surface area contributed by atoms with Crippen LogP contribution in [-0.4, -0.2) is 26.8 Å². The third kappa shape index (κ3) is 3.44. The summed E-state index contributed by atoms with van der Waals surface area (Å²) in [5, 5.41) is 7.09. The van der Waals surface area contributed by atoms with Crippen LogP contribution in [0, 0.1) is 0 Å². The minimum Gasteiger partial charge on any atom is -0.480 e. The Labute approximate surface area is 151 Å². The highest BCUT2D eigenvalue weighted by Gasteiger charge is 2.25. The first-order chi connectivity index (χ1) is 12.7. The minimum atomic E-state index is -0.437. The number of pyridine rings is 1. The molecule has 3 aromatic rings. The zero-order valence-corrected chi connectivity index (χ0v) is 14.6. The van der Waals surface area contributed by atoms with Gasteiger partial charge in [0.1, 0.15) is 5.75 Å². The Morgan fingerprint density at radius 1 is 1.27 bits per heavy atom. The molecule has 1 aromatic carbocycles. The van der Waals surface area contributed by atoms with Gasteiger partial charge in [-0.15, -0.1) is 0 Å². The summed E-state index contributed by atoms with van der Waals surface area (Å²) < 4.78 is 7.57. The maximum Gasteiger partial charge on any atom is 0.261 e. The van der Waals surface area contributed by atoms with E-state index in [2.05, 4.69) is 15.4 Å². The third-order valence-electron chi connectivity index (χ3n) is 4.50. The molecule has 6 heteroatoms. The van der Waals surface area contributed by atoms with Gasteiger partial charge < -0.3 is 10.1 Å². The molecule has 0 aliphatic carbocycles. The highest BCUT2D eigenvalue weighted by molar-refractivity contribution is 5.81. The van der Waals surface area contributed by atoms with E-state index in [0.717, 1.165) is 34.6 Å². The van der Waals surface area contributed by atoms with Crippen molar-refractivity contribution in [1.82, 2.24) is 20.1 Å².